The van der Waals surface area contributed by atoms with Crippen molar-refractivity contribution in [1.82, 2.24) is 15.5 Å². The van der Waals surface area contributed by atoms with E-state index in [-0.39, 0.29) is 0 Å². The van der Waals surface area contributed by atoms with Crippen molar-refractivity contribution in [2.75, 3.05) is 25.5 Å². The van der Waals surface area contributed by atoms with Crippen molar-refractivity contribution < 1.29 is 9.13 Å². The van der Waals surface area contributed by atoms with Crippen LogP contribution in [0.4, 0.5) is 10.2 Å². The average Bonchev–Trinajstić information content (AvgIpc) is 2.66. The molecule has 1 fully saturated rings. The Hall–Kier alpha value is -1.43. The number of hydrogen-bond donors (Lipinski definition) is 2. The van der Waals surface area contributed by atoms with Gasteiger partial charge in [-0.3, -0.25) is 0 Å². The Balaban J connectivity index is 1.98. The molecular weight excluding hydrogens is 199 g/mol. The Kier molecular flexibility index (Phi) is 2.96. The lowest BCUT2D eigenvalue weighted by Gasteiger charge is -2.13. The molecule has 0 spiro atoms. The highest BCUT2D eigenvalue weighted by Gasteiger charge is 2.28. The van der Waals surface area contributed by atoms with Gasteiger partial charge in [0.1, 0.15) is 11.9 Å². The highest BCUT2D eigenvalue weighted by atomic mass is 19.1. The molecule has 1 aromatic rings. The number of aromatic nitrogens is 2. The van der Waals surface area contributed by atoms with E-state index in [1.807, 2.05) is 0 Å². The zero-order chi connectivity index (χ0) is 10.7. The van der Waals surface area contributed by atoms with Crippen LogP contribution in [0.2, 0.25) is 0 Å². The molecule has 1 aliphatic rings. The van der Waals surface area contributed by atoms with Crippen molar-refractivity contribution >= 4 is 5.82 Å². The predicted octanol–water partition coefficient (Wildman–Crippen LogP) is 0.207. The first-order valence-corrected chi connectivity index (χ1v) is 4.82. The SMILES string of the molecule is CNc1ccc(O[C@H]2CNC[C@@H]2F)nn1. The number of nitrogens with zero attached hydrogens (tertiary/aromatic N) is 2. The number of ether oxygens (including phenoxy) is 1. The van der Waals surface area contributed by atoms with Gasteiger partial charge in [-0.15, -0.1) is 10.2 Å². The van der Waals surface area contributed by atoms with Crippen molar-refractivity contribution in [2.45, 2.75) is 12.3 Å². The fourth-order valence-corrected chi connectivity index (χ4v) is 1.41. The summed E-state index contributed by atoms with van der Waals surface area (Å²) < 4.78 is 18.5. The van der Waals surface area contributed by atoms with Gasteiger partial charge in [-0.1, -0.05) is 0 Å². The molecule has 0 saturated carbocycles. The summed E-state index contributed by atoms with van der Waals surface area (Å²) in [5.41, 5.74) is 0. The molecule has 5 nitrogen and oxygen atoms in total. The maximum absolute atomic E-state index is 13.2. The smallest absolute Gasteiger partial charge is 0.233 e. The third-order valence-corrected chi connectivity index (χ3v) is 2.26. The van der Waals surface area contributed by atoms with E-state index in [0.717, 1.165) is 0 Å². The fraction of sp³-hybridized carbons (Fsp3) is 0.556. The summed E-state index contributed by atoms with van der Waals surface area (Å²) in [6, 6.07) is 3.40. The molecule has 0 aliphatic carbocycles. The molecule has 2 rings (SSSR count). The number of anilines is 1. The molecule has 0 radical (unpaired) electrons. The van der Waals surface area contributed by atoms with Crippen molar-refractivity contribution in [3.63, 3.8) is 0 Å². The van der Waals surface area contributed by atoms with Crippen molar-refractivity contribution in [3.8, 4) is 5.88 Å². The molecule has 0 bridgehead atoms. The van der Waals surface area contributed by atoms with Crippen LogP contribution in [-0.4, -0.2) is 42.6 Å². The molecule has 6 heteroatoms. The standard InChI is InChI=1S/C9H13FN4O/c1-11-8-2-3-9(14-13-8)15-7-5-12-4-6(7)10/h2-3,6-7,12H,4-5H2,1H3,(H,11,13)/t6-,7-/m0/s1. The summed E-state index contributed by atoms with van der Waals surface area (Å²) in [6.07, 6.45) is -1.43. The zero-order valence-corrected chi connectivity index (χ0v) is 8.40. The topological polar surface area (TPSA) is 59.1 Å². The van der Waals surface area contributed by atoms with E-state index in [2.05, 4.69) is 20.8 Å². The lowest BCUT2D eigenvalue weighted by atomic mass is 10.3. The molecule has 0 unspecified atom stereocenters. The van der Waals surface area contributed by atoms with E-state index < -0.39 is 12.3 Å². The molecule has 1 aromatic heterocycles. The van der Waals surface area contributed by atoms with Crippen LogP contribution >= 0.6 is 0 Å². The summed E-state index contributed by atoms with van der Waals surface area (Å²) in [5, 5.41) is 13.4. The van der Waals surface area contributed by atoms with Crippen LogP contribution < -0.4 is 15.4 Å². The Morgan fingerprint density at radius 3 is 2.87 bits per heavy atom. The lowest BCUT2D eigenvalue weighted by molar-refractivity contribution is 0.133. The Morgan fingerprint density at radius 1 is 1.47 bits per heavy atom. The maximum atomic E-state index is 13.2. The van der Waals surface area contributed by atoms with E-state index in [1.54, 1.807) is 19.2 Å². The second kappa shape index (κ2) is 4.39. The molecule has 15 heavy (non-hydrogen) atoms. The normalized spacial score (nSPS) is 25.2. The van der Waals surface area contributed by atoms with Gasteiger partial charge >= 0.3 is 0 Å². The molecule has 2 heterocycles. The minimum absolute atomic E-state index is 0.340. The van der Waals surface area contributed by atoms with E-state index >= 15 is 0 Å². The van der Waals surface area contributed by atoms with Crippen LogP contribution in [0.5, 0.6) is 5.88 Å². The number of halogens is 1. The third-order valence-electron chi connectivity index (χ3n) is 2.26. The average molecular weight is 212 g/mol. The molecule has 2 atom stereocenters. The van der Waals surface area contributed by atoms with Crippen LogP contribution in [0, 0.1) is 0 Å². The minimum atomic E-state index is -0.976. The highest BCUT2D eigenvalue weighted by Crippen LogP contribution is 2.14. The number of nitrogens with one attached hydrogen (secondary N) is 2. The second-order valence-electron chi connectivity index (χ2n) is 3.34. The maximum Gasteiger partial charge on any atom is 0.233 e. The van der Waals surface area contributed by atoms with Gasteiger partial charge in [0.25, 0.3) is 0 Å². The molecule has 0 aromatic carbocycles. The van der Waals surface area contributed by atoms with Gasteiger partial charge in [0.2, 0.25) is 5.88 Å². The first kappa shape index (κ1) is 10.1. The van der Waals surface area contributed by atoms with Crippen LogP contribution in [0.3, 0.4) is 0 Å². The quantitative estimate of drug-likeness (QED) is 0.750. The Morgan fingerprint density at radius 2 is 2.33 bits per heavy atom. The van der Waals surface area contributed by atoms with Gasteiger partial charge < -0.3 is 15.4 Å². The van der Waals surface area contributed by atoms with Crippen LogP contribution in [-0.2, 0) is 0 Å². The lowest BCUT2D eigenvalue weighted by Crippen LogP contribution is -2.27. The number of alkyl halides is 1. The summed E-state index contributed by atoms with van der Waals surface area (Å²) in [7, 11) is 1.75. The zero-order valence-electron chi connectivity index (χ0n) is 8.40. The van der Waals surface area contributed by atoms with Crippen molar-refractivity contribution in [3.05, 3.63) is 12.1 Å². The fourth-order valence-electron chi connectivity index (χ4n) is 1.41. The van der Waals surface area contributed by atoms with E-state index in [4.69, 9.17) is 4.74 Å². The monoisotopic (exact) mass is 212 g/mol. The molecule has 1 aliphatic heterocycles. The summed E-state index contributed by atoms with van der Waals surface area (Å²) in [5.74, 6) is 1.01. The van der Waals surface area contributed by atoms with Crippen molar-refractivity contribution in [2.24, 2.45) is 0 Å². The van der Waals surface area contributed by atoms with Crippen LogP contribution in [0.15, 0.2) is 12.1 Å². The van der Waals surface area contributed by atoms with E-state index in [1.165, 1.54) is 0 Å². The number of rotatable bonds is 3. The highest BCUT2D eigenvalue weighted by molar-refractivity contribution is 5.32. The molecule has 1 saturated heterocycles. The number of hydrogen-bond acceptors (Lipinski definition) is 5. The van der Waals surface area contributed by atoms with E-state index in [9.17, 15) is 4.39 Å². The van der Waals surface area contributed by atoms with E-state index in [0.29, 0.717) is 24.8 Å². The van der Waals surface area contributed by atoms with Gasteiger partial charge in [-0.25, -0.2) is 4.39 Å². The van der Waals surface area contributed by atoms with Crippen LogP contribution in [0.25, 0.3) is 0 Å². The van der Waals surface area contributed by atoms with Gasteiger partial charge in [-0.05, 0) is 6.07 Å². The first-order chi connectivity index (χ1) is 7.29. The first-order valence-electron chi connectivity index (χ1n) is 4.82. The minimum Gasteiger partial charge on any atom is -0.469 e. The summed E-state index contributed by atoms with van der Waals surface area (Å²) >= 11 is 0. The Labute approximate surface area is 87.0 Å². The summed E-state index contributed by atoms with van der Waals surface area (Å²) in [6.45, 7) is 0.851. The van der Waals surface area contributed by atoms with Crippen LogP contribution in [0.1, 0.15) is 0 Å². The van der Waals surface area contributed by atoms with Gasteiger partial charge in [0.05, 0.1) is 0 Å². The molecule has 82 valence electrons. The Bertz CT molecular complexity index is 318. The molecular formula is C9H13FN4O. The van der Waals surface area contributed by atoms with Gasteiger partial charge in [-0.2, -0.15) is 0 Å². The predicted molar refractivity (Wildman–Crippen MR) is 53.8 cm³/mol. The van der Waals surface area contributed by atoms with Crippen molar-refractivity contribution in [1.29, 1.82) is 0 Å². The van der Waals surface area contributed by atoms with Gasteiger partial charge in [0, 0.05) is 26.2 Å². The second-order valence-corrected chi connectivity index (χ2v) is 3.34. The summed E-state index contributed by atoms with van der Waals surface area (Å²) in [4.78, 5) is 0. The molecule has 2 N–H and O–H groups in total. The largest absolute Gasteiger partial charge is 0.469 e. The van der Waals surface area contributed by atoms with Gasteiger partial charge in [0.15, 0.2) is 6.17 Å². The third kappa shape index (κ3) is 2.33. The molecule has 0 amide bonds.